The Balaban J connectivity index is 2.49. The third kappa shape index (κ3) is 6.96. The highest BCUT2D eigenvalue weighted by molar-refractivity contribution is 5.91. The second-order valence-corrected chi connectivity index (χ2v) is 5.67. The molecule has 10 heteroatoms. The Bertz CT molecular complexity index is 750. The lowest BCUT2D eigenvalue weighted by Gasteiger charge is -2.18. The molecule has 0 aromatic carbocycles. The number of aromatic nitrogens is 2. The van der Waals surface area contributed by atoms with E-state index in [0.717, 1.165) is 15.5 Å². The largest absolute Gasteiger partial charge is 0.401 e. The summed E-state index contributed by atoms with van der Waals surface area (Å²) in [5, 5.41) is 2.52. The van der Waals surface area contributed by atoms with Crippen molar-refractivity contribution in [2.45, 2.75) is 12.6 Å². The van der Waals surface area contributed by atoms with Gasteiger partial charge in [-0.05, 0) is 26.1 Å². The van der Waals surface area contributed by atoms with Gasteiger partial charge in [0.2, 0.25) is 5.91 Å². The molecule has 0 aliphatic rings. The second-order valence-electron chi connectivity index (χ2n) is 5.67. The quantitative estimate of drug-likeness (QED) is 0.551. The summed E-state index contributed by atoms with van der Waals surface area (Å²) in [6, 6.07) is 0. The van der Waals surface area contributed by atoms with Gasteiger partial charge in [0.15, 0.2) is 0 Å². The first-order chi connectivity index (χ1) is 11.5. The number of amides is 1. The summed E-state index contributed by atoms with van der Waals surface area (Å²) in [5.41, 5.74) is -0.833. The zero-order valence-electron chi connectivity index (χ0n) is 14.3. The lowest BCUT2D eigenvalue weighted by Crippen LogP contribution is -2.37. The summed E-state index contributed by atoms with van der Waals surface area (Å²) in [6.45, 7) is -0.613. The van der Waals surface area contributed by atoms with E-state index in [4.69, 9.17) is 0 Å². The predicted octanol–water partition coefficient (Wildman–Crippen LogP) is 0.0976. The Morgan fingerprint density at radius 1 is 1.32 bits per heavy atom. The highest BCUT2D eigenvalue weighted by Gasteiger charge is 2.28. The minimum atomic E-state index is -4.25. The average Bonchev–Trinajstić information content (AvgIpc) is 2.50. The summed E-state index contributed by atoms with van der Waals surface area (Å²) in [7, 11) is 4.17. The van der Waals surface area contributed by atoms with E-state index < -0.39 is 29.9 Å². The van der Waals surface area contributed by atoms with Crippen LogP contribution in [-0.4, -0.2) is 52.8 Å². The molecule has 0 aliphatic heterocycles. The van der Waals surface area contributed by atoms with Crippen molar-refractivity contribution >= 4 is 12.0 Å². The van der Waals surface area contributed by atoms with Gasteiger partial charge >= 0.3 is 11.9 Å². The Kier molecular flexibility index (Phi) is 7.16. The normalized spacial score (nSPS) is 12.1. The molecule has 0 fully saturated rings. The van der Waals surface area contributed by atoms with E-state index in [9.17, 15) is 27.6 Å². The number of halogens is 3. The lowest BCUT2D eigenvalue weighted by molar-refractivity contribution is -0.143. The SMILES string of the molecule is CN(CCCNC(=O)/C=C/c1cn(C)c(=O)n(C)c1=O)CC(F)(F)F. The molecule has 1 amide bonds. The summed E-state index contributed by atoms with van der Waals surface area (Å²) in [5.74, 6) is -0.477. The number of hydrogen-bond acceptors (Lipinski definition) is 4. The van der Waals surface area contributed by atoms with Crippen LogP contribution in [0.15, 0.2) is 21.9 Å². The van der Waals surface area contributed by atoms with Gasteiger partial charge in [-0.3, -0.25) is 19.1 Å². The van der Waals surface area contributed by atoms with E-state index in [1.165, 1.54) is 38.0 Å². The first kappa shape index (κ1) is 20.7. The molecular weight excluding hydrogens is 341 g/mol. The fourth-order valence-corrected chi connectivity index (χ4v) is 2.12. The van der Waals surface area contributed by atoms with Gasteiger partial charge in [-0.15, -0.1) is 0 Å². The molecular formula is C15H21F3N4O3. The molecule has 0 atom stereocenters. The van der Waals surface area contributed by atoms with Crippen LogP contribution in [0.2, 0.25) is 0 Å². The maximum absolute atomic E-state index is 12.2. The maximum Gasteiger partial charge on any atom is 0.401 e. The number of aryl methyl sites for hydroxylation is 1. The molecule has 7 nitrogen and oxygen atoms in total. The number of carbonyl (C=O) groups excluding carboxylic acids is 1. The fraction of sp³-hybridized carbons (Fsp3) is 0.533. The van der Waals surface area contributed by atoms with Gasteiger partial charge in [0.1, 0.15) is 0 Å². The van der Waals surface area contributed by atoms with Crippen molar-refractivity contribution in [3.05, 3.63) is 38.7 Å². The van der Waals surface area contributed by atoms with Crippen molar-refractivity contribution in [1.82, 2.24) is 19.4 Å². The molecule has 0 saturated carbocycles. The predicted molar refractivity (Wildman–Crippen MR) is 87.1 cm³/mol. The summed E-state index contributed by atoms with van der Waals surface area (Å²) in [6.07, 6.45) is -0.148. The Labute approximate surface area is 142 Å². The molecule has 0 aliphatic carbocycles. The first-order valence-electron chi connectivity index (χ1n) is 7.49. The van der Waals surface area contributed by atoms with Crippen LogP contribution < -0.4 is 16.6 Å². The molecule has 0 bridgehead atoms. The van der Waals surface area contributed by atoms with Gasteiger partial charge < -0.3 is 9.88 Å². The van der Waals surface area contributed by atoms with E-state index in [-0.39, 0.29) is 18.7 Å². The van der Waals surface area contributed by atoms with Crippen molar-refractivity contribution in [1.29, 1.82) is 0 Å². The zero-order valence-corrected chi connectivity index (χ0v) is 14.3. The number of nitrogens with one attached hydrogen (secondary N) is 1. The van der Waals surface area contributed by atoms with Gasteiger partial charge in [-0.2, -0.15) is 13.2 Å². The molecule has 0 saturated heterocycles. The van der Waals surface area contributed by atoms with Crippen LogP contribution in [0.25, 0.3) is 6.08 Å². The molecule has 0 unspecified atom stereocenters. The van der Waals surface area contributed by atoms with Gasteiger partial charge in [0, 0.05) is 32.9 Å². The van der Waals surface area contributed by atoms with Gasteiger partial charge in [0.25, 0.3) is 5.56 Å². The number of alkyl halides is 3. The number of carbonyl (C=O) groups is 1. The third-order valence-electron chi connectivity index (χ3n) is 3.35. The highest BCUT2D eigenvalue weighted by atomic mass is 19.4. The average molecular weight is 362 g/mol. The van der Waals surface area contributed by atoms with Crippen LogP contribution in [0.4, 0.5) is 13.2 Å². The van der Waals surface area contributed by atoms with Gasteiger partial charge in [0.05, 0.1) is 12.1 Å². The summed E-state index contributed by atoms with van der Waals surface area (Å²) < 4.78 is 38.6. The minimum absolute atomic E-state index is 0.171. The number of hydrogen-bond donors (Lipinski definition) is 1. The Hall–Kier alpha value is -2.36. The van der Waals surface area contributed by atoms with Crippen LogP contribution in [0, 0.1) is 0 Å². The van der Waals surface area contributed by atoms with Crippen molar-refractivity contribution in [3.63, 3.8) is 0 Å². The van der Waals surface area contributed by atoms with E-state index in [0.29, 0.717) is 6.42 Å². The molecule has 1 aromatic rings. The van der Waals surface area contributed by atoms with E-state index >= 15 is 0 Å². The molecule has 1 heterocycles. The van der Waals surface area contributed by atoms with E-state index in [2.05, 4.69) is 5.32 Å². The van der Waals surface area contributed by atoms with Crippen LogP contribution in [0.1, 0.15) is 12.0 Å². The Morgan fingerprint density at radius 3 is 2.56 bits per heavy atom. The summed E-state index contributed by atoms with van der Waals surface area (Å²) in [4.78, 5) is 36.2. The maximum atomic E-state index is 12.2. The molecule has 1 N–H and O–H groups in total. The molecule has 140 valence electrons. The summed E-state index contributed by atoms with van der Waals surface area (Å²) >= 11 is 0. The lowest BCUT2D eigenvalue weighted by atomic mass is 10.3. The van der Waals surface area contributed by atoms with Gasteiger partial charge in [-0.25, -0.2) is 4.79 Å². The van der Waals surface area contributed by atoms with Crippen LogP contribution in [0.5, 0.6) is 0 Å². The number of nitrogens with zero attached hydrogens (tertiary/aromatic N) is 3. The third-order valence-corrected chi connectivity index (χ3v) is 3.35. The van der Waals surface area contributed by atoms with E-state index in [1.54, 1.807) is 0 Å². The van der Waals surface area contributed by atoms with Crippen molar-refractivity contribution in [3.8, 4) is 0 Å². The van der Waals surface area contributed by atoms with Crippen LogP contribution in [-0.2, 0) is 18.9 Å². The van der Waals surface area contributed by atoms with Gasteiger partial charge in [-0.1, -0.05) is 0 Å². The van der Waals surface area contributed by atoms with Crippen LogP contribution >= 0.6 is 0 Å². The highest BCUT2D eigenvalue weighted by Crippen LogP contribution is 2.15. The first-order valence-corrected chi connectivity index (χ1v) is 7.49. The fourth-order valence-electron chi connectivity index (χ4n) is 2.12. The molecule has 1 aromatic heterocycles. The Morgan fingerprint density at radius 2 is 1.96 bits per heavy atom. The van der Waals surface area contributed by atoms with E-state index in [1.807, 2.05) is 0 Å². The van der Waals surface area contributed by atoms with Crippen molar-refractivity contribution in [2.24, 2.45) is 14.1 Å². The topological polar surface area (TPSA) is 76.3 Å². The monoisotopic (exact) mass is 362 g/mol. The van der Waals surface area contributed by atoms with Crippen molar-refractivity contribution in [2.75, 3.05) is 26.7 Å². The standard InChI is InChI=1S/C15H21F3N4O3/c1-20(10-15(16,17)18)8-4-7-19-12(23)6-5-11-9-21(2)14(25)22(3)13(11)24/h5-6,9H,4,7-8,10H2,1-3H3,(H,19,23)/b6-5+. The zero-order chi connectivity index (χ0) is 19.2. The van der Waals surface area contributed by atoms with Crippen LogP contribution in [0.3, 0.4) is 0 Å². The number of rotatable bonds is 7. The smallest absolute Gasteiger partial charge is 0.353 e. The second kappa shape index (κ2) is 8.65. The molecule has 0 spiro atoms. The minimum Gasteiger partial charge on any atom is -0.353 e. The molecule has 0 radical (unpaired) electrons. The molecule has 25 heavy (non-hydrogen) atoms. The molecule has 1 rings (SSSR count). The van der Waals surface area contributed by atoms with Crippen molar-refractivity contribution < 1.29 is 18.0 Å².